The number of hydrogen-bond acceptors (Lipinski definition) is 9. The van der Waals surface area contributed by atoms with Gasteiger partial charge in [-0.15, -0.1) is 0 Å². The number of ketones is 1. The number of nitrogens with zero attached hydrogens (tertiary/aromatic N) is 4. The second kappa shape index (κ2) is 13.3. The number of hydrogen-bond donors (Lipinski definition) is 4. The number of pyridine rings is 1. The van der Waals surface area contributed by atoms with Crippen LogP contribution in [0.3, 0.4) is 0 Å². The van der Waals surface area contributed by atoms with Crippen molar-refractivity contribution in [3.8, 4) is 0 Å². The predicted octanol–water partition coefficient (Wildman–Crippen LogP) is 5.62. The SMILES string of the molecule is CC(C)=O.CNc1nc(N/N=C/c2ccc(Nc3ccc(C4=CCC(O)=CC=C4)cc3)cn2)ncc1F. The van der Waals surface area contributed by atoms with Crippen molar-refractivity contribution in [1.82, 2.24) is 15.0 Å². The standard InChI is InChI=1S/C24H22FN7O.C3H6O/c1-26-23-22(25)15-28-24(31-23)32-29-14-19-10-11-20(13-27-19)30-18-8-5-17(6-9-18)16-3-2-4-21(33)12-7-16;1-3(2)4/h2-11,13-15,30,33H,12H2,1H3,(H2,26,28,31,32);1-2H3/b29-14+;. The molecule has 1 aliphatic carbocycles. The normalized spacial score (nSPS) is 12.5. The van der Waals surface area contributed by atoms with Gasteiger partial charge >= 0.3 is 0 Å². The number of benzene rings is 1. The first kappa shape index (κ1) is 26.7. The van der Waals surface area contributed by atoms with E-state index in [1.54, 1.807) is 19.3 Å². The van der Waals surface area contributed by atoms with Gasteiger partial charge in [-0.05, 0) is 55.3 Å². The van der Waals surface area contributed by atoms with E-state index in [-0.39, 0.29) is 17.5 Å². The summed E-state index contributed by atoms with van der Waals surface area (Å²) in [5, 5.41) is 19.6. The summed E-state index contributed by atoms with van der Waals surface area (Å²) < 4.78 is 13.4. The second-order valence-electron chi connectivity index (χ2n) is 7.97. The summed E-state index contributed by atoms with van der Waals surface area (Å²) in [7, 11) is 1.57. The van der Waals surface area contributed by atoms with Crippen molar-refractivity contribution in [1.29, 1.82) is 0 Å². The summed E-state index contributed by atoms with van der Waals surface area (Å²) in [6.07, 6.45) is 12.3. The fourth-order valence-electron chi connectivity index (χ4n) is 3.05. The predicted molar refractivity (Wildman–Crippen MR) is 146 cm³/mol. The van der Waals surface area contributed by atoms with Gasteiger partial charge in [-0.3, -0.25) is 4.98 Å². The van der Waals surface area contributed by atoms with E-state index in [2.05, 4.69) is 36.1 Å². The molecule has 0 spiro atoms. The topological polar surface area (TPSA) is 124 Å². The lowest BCUT2D eigenvalue weighted by molar-refractivity contribution is -0.114. The Morgan fingerprint density at radius 1 is 1.08 bits per heavy atom. The largest absolute Gasteiger partial charge is 0.512 e. The van der Waals surface area contributed by atoms with Crippen LogP contribution in [0, 0.1) is 5.82 Å². The zero-order chi connectivity index (χ0) is 26.6. The van der Waals surface area contributed by atoms with E-state index in [4.69, 9.17) is 0 Å². The Hall–Kier alpha value is -4.86. The summed E-state index contributed by atoms with van der Waals surface area (Å²) in [5.74, 6) is 0.232. The number of carbonyl (C=O) groups is 1. The lowest BCUT2D eigenvalue weighted by Crippen LogP contribution is -2.03. The number of nitrogens with one attached hydrogen (secondary N) is 3. The maximum Gasteiger partial charge on any atom is 0.245 e. The summed E-state index contributed by atoms with van der Waals surface area (Å²) >= 11 is 0. The fraction of sp³-hybridized carbons (Fsp3) is 0.148. The number of Topliss-reactive ketones (excluding diaryl/α,β-unsaturated/α-hetero) is 1. The number of halogens is 1. The van der Waals surface area contributed by atoms with E-state index in [1.165, 1.54) is 20.1 Å². The van der Waals surface area contributed by atoms with Crippen LogP contribution < -0.4 is 16.1 Å². The van der Waals surface area contributed by atoms with Crippen LogP contribution in [-0.4, -0.2) is 39.1 Å². The third kappa shape index (κ3) is 8.70. The maximum atomic E-state index is 13.4. The van der Waals surface area contributed by atoms with Gasteiger partial charge in [-0.2, -0.15) is 10.1 Å². The van der Waals surface area contributed by atoms with Crippen LogP contribution in [0.2, 0.25) is 0 Å². The molecule has 0 aliphatic heterocycles. The zero-order valence-electron chi connectivity index (χ0n) is 20.7. The van der Waals surface area contributed by atoms with Gasteiger partial charge in [0.2, 0.25) is 5.95 Å². The molecule has 37 heavy (non-hydrogen) atoms. The number of aliphatic hydroxyl groups is 1. The van der Waals surface area contributed by atoms with Crippen molar-refractivity contribution >= 4 is 40.7 Å². The molecule has 9 nitrogen and oxygen atoms in total. The van der Waals surface area contributed by atoms with Crippen molar-refractivity contribution in [2.75, 3.05) is 23.1 Å². The number of rotatable bonds is 7. The van der Waals surface area contributed by atoms with E-state index in [9.17, 15) is 14.3 Å². The van der Waals surface area contributed by atoms with Crippen LogP contribution >= 0.6 is 0 Å². The molecule has 0 bridgehead atoms. The Morgan fingerprint density at radius 2 is 1.81 bits per heavy atom. The van der Waals surface area contributed by atoms with Crippen molar-refractivity contribution in [3.63, 3.8) is 0 Å². The van der Waals surface area contributed by atoms with E-state index < -0.39 is 5.82 Å². The Labute approximate surface area is 214 Å². The molecule has 4 rings (SSSR count). The van der Waals surface area contributed by atoms with Gasteiger partial charge in [0.15, 0.2) is 11.6 Å². The average Bonchev–Trinajstić information content (AvgIpc) is 3.10. The minimum absolute atomic E-state index is 0.0861. The highest BCUT2D eigenvalue weighted by Crippen LogP contribution is 2.23. The lowest BCUT2D eigenvalue weighted by Gasteiger charge is -2.08. The third-order valence-electron chi connectivity index (χ3n) is 4.73. The molecule has 4 N–H and O–H groups in total. The third-order valence-corrected chi connectivity index (χ3v) is 4.73. The highest BCUT2D eigenvalue weighted by molar-refractivity contribution is 5.79. The Balaban J connectivity index is 0.000000886. The van der Waals surface area contributed by atoms with E-state index in [0.717, 1.165) is 28.7 Å². The summed E-state index contributed by atoms with van der Waals surface area (Å²) in [5.41, 5.74) is 7.17. The number of carbonyl (C=O) groups excluding carboxylic acids is 1. The number of hydrazone groups is 1. The maximum absolute atomic E-state index is 13.4. The molecule has 0 atom stereocenters. The molecule has 0 radical (unpaired) electrons. The molecule has 0 unspecified atom stereocenters. The van der Waals surface area contributed by atoms with Crippen molar-refractivity contribution in [3.05, 3.63) is 95.9 Å². The molecule has 0 amide bonds. The number of aromatic nitrogens is 3. The first-order chi connectivity index (χ1) is 17.8. The molecule has 0 saturated carbocycles. The summed E-state index contributed by atoms with van der Waals surface area (Å²) in [4.78, 5) is 21.6. The molecule has 2 heterocycles. The van der Waals surface area contributed by atoms with Gasteiger partial charge in [0.05, 0.1) is 35.7 Å². The Morgan fingerprint density at radius 3 is 2.49 bits per heavy atom. The molecule has 0 saturated heterocycles. The van der Waals surface area contributed by atoms with Gasteiger partial charge in [0.25, 0.3) is 0 Å². The quantitative estimate of drug-likeness (QED) is 0.243. The van der Waals surface area contributed by atoms with E-state index >= 15 is 0 Å². The Bertz CT molecular complexity index is 1330. The molecular weight excluding hydrogens is 473 g/mol. The average molecular weight is 502 g/mol. The van der Waals surface area contributed by atoms with E-state index in [0.29, 0.717) is 17.9 Å². The first-order valence-corrected chi connectivity index (χ1v) is 11.4. The Kier molecular flexibility index (Phi) is 9.60. The second-order valence-corrected chi connectivity index (χ2v) is 7.97. The molecule has 190 valence electrons. The molecule has 1 aromatic carbocycles. The summed E-state index contributed by atoms with van der Waals surface area (Å²) in [6.45, 7) is 3.06. The monoisotopic (exact) mass is 501 g/mol. The minimum Gasteiger partial charge on any atom is -0.512 e. The van der Waals surface area contributed by atoms with Gasteiger partial charge in [0.1, 0.15) is 5.78 Å². The highest BCUT2D eigenvalue weighted by atomic mass is 19.1. The molecule has 10 heteroatoms. The van der Waals surface area contributed by atoms with Crippen LogP contribution in [0.15, 0.2) is 84.0 Å². The number of allylic oxidation sites excluding steroid dienone is 5. The fourth-order valence-corrected chi connectivity index (χ4v) is 3.05. The number of anilines is 4. The van der Waals surface area contributed by atoms with Gasteiger partial charge in [0, 0.05) is 19.2 Å². The van der Waals surface area contributed by atoms with Gasteiger partial charge in [-0.25, -0.2) is 14.8 Å². The molecule has 3 aromatic rings. The van der Waals surface area contributed by atoms with E-state index in [1.807, 2.05) is 54.6 Å². The molecular formula is C27H28FN7O2. The minimum atomic E-state index is -0.539. The smallest absolute Gasteiger partial charge is 0.245 e. The van der Waals surface area contributed by atoms with Crippen LogP contribution in [0.5, 0.6) is 0 Å². The van der Waals surface area contributed by atoms with Crippen molar-refractivity contribution in [2.45, 2.75) is 20.3 Å². The van der Waals surface area contributed by atoms with Crippen LogP contribution in [0.4, 0.5) is 27.5 Å². The van der Waals surface area contributed by atoms with Crippen LogP contribution in [-0.2, 0) is 4.79 Å². The zero-order valence-corrected chi connectivity index (χ0v) is 20.7. The molecule has 2 aromatic heterocycles. The van der Waals surface area contributed by atoms with Crippen LogP contribution in [0.25, 0.3) is 5.57 Å². The first-order valence-electron chi connectivity index (χ1n) is 11.4. The molecule has 0 fully saturated rings. The number of aliphatic hydroxyl groups excluding tert-OH is 1. The van der Waals surface area contributed by atoms with Crippen molar-refractivity contribution in [2.24, 2.45) is 5.10 Å². The van der Waals surface area contributed by atoms with Gasteiger partial charge in [-0.1, -0.05) is 30.4 Å². The summed E-state index contributed by atoms with van der Waals surface area (Å²) in [6, 6.07) is 11.7. The lowest BCUT2D eigenvalue weighted by atomic mass is 10.0. The van der Waals surface area contributed by atoms with Crippen molar-refractivity contribution < 1.29 is 14.3 Å². The molecule has 1 aliphatic rings. The van der Waals surface area contributed by atoms with Gasteiger partial charge < -0.3 is 20.5 Å². The van der Waals surface area contributed by atoms with Crippen LogP contribution in [0.1, 0.15) is 31.5 Å². The highest BCUT2D eigenvalue weighted by Gasteiger charge is 2.05.